The summed E-state index contributed by atoms with van der Waals surface area (Å²) in [5.41, 5.74) is 0.967. The minimum absolute atomic E-state index is 0.242. The van der Waals surface area contributed by atoms with Crippen LogP contribution in [-0.2, 0) is 11.3 Å². The fraction of sp³-hybridized carbons (Fsp3) is 0.696. The standard InChI is InChI=1S/C23H34N4O2S/c1-3-29-23(28)20-17(2)19-21(27-14-10-6-7-11-15-27)24-18(25-22(19)30-20)16-26-12-8-4-5-9-13-26/h3-16H2,1-2H3. The first kappa shape index (κ1) is 21.5. The van der Waals surface area contributed by atoms with Crippen LogP contribution in [0.4, 0.5) is 5.82 Å². The largest absolute Gasteiger partial charge is 0.462 e. The molecule has 0 N–H and O–H groups in total. The molecule has 6 nitrogen and oxygen atoms in total. The second-order valence-corrected chi connectivity index (χ2v) is 9.51. The van der Waals surface area contributed by atoms with Crippen LogP contribution < -0.4 is 4.90 Å². The van der Waals surface area contributed by atoms with E-state index in [2.05, 4.69) is 9.80 Å². The Morgan fingerprint density at radius 1 is 0.967 bits per heavy atom. The Bertz CT molecular complexity index is 866. The van der Waals surface area contributed by atoms with Crippen LogP contribution in [0, 0.1) is 6.92 Å². The number of esters is 1. The summed E-state index contributed by atoms with van der Waals surface area (Å²) in [6.45, 7) is 9.35. The van der Waals surface area contributed by atoms with Crippen molar-refractivity contribution in [1.82, 2.24) is 14.9 Å². The summed E-state index contributed by atoms with van der Waals surface area (Å²) in [5.74, 6) is 1.67. The first-order valence-electron chi connectivity index (χ1n) is 11.6. The summed E-state index contributed by atoms with van der Waals surface area (Å²) in [6.07, 6.45) is 10.1. The zero-order chi connectivity index (χ0) is 20.9. The summed E-state index contributed by atoms with van der Waals surface area (Å²) in [4.78, 5) is 29.1. The van der Waals surface area contributed by atoms with Crippen molar-refractivity contribution >= 4 is 33.3 Å². The number of carbonyl (C=O) groups is 1. The van der Waals surface area contributed by atoms with E-state index in [1.807, 2.05) is 13.8 Å². The fourth-order valence-corrected chi connectivity index (χ4v) is 5.72. The van der Waals surface area contributed by atoms with Crippen LogP contribution >= 0.6 is 11.3 Å². The van der Waals surface area contributed by atoms with Gasteiger partial charge in [0.1, 0.15) is 21.3 Å². The summed E-state index contributed by atoms with van der Waals surface area (Å²) < 4.78 is 5.31. The van der Waals surface area contributed by atoms with Crippen molar-refractivity contribution in [3.05, 3.63) is 16.3 Å². The first-order chi connectivity index (χ1) is 14.7. The van der Waals surface area contributed by atoms with E-state index in [-0.39, 0.29) is 5.97 Å². The van der Waals surface area contributed by atoms with Crippen LogP contribution in [-0.4, -0.2) is 53.6 Å². The van der Waals surface area contributed by atoms with E-state index in [9.17, 15) is 4.79 Å². The molecule has 30 heavy (non-hydrogen) atoms. The third-order valence-corrected chi connectivity index (χ3v) is 7.41. The molecule has 0 aromatic carbocycles. The molecular weight excluding hydrogens is 396 g/mol. The molecule has 2 aromatic rings. The summed E-state index contributed by atoms with van der Waals surface area (Å²) in [7, 11) is 0. The monoisotopic (exact) mass is 430 g/mol. The van der Waals surface area contributed by atoms with Crippen LogP contribution in [0.1, 0.15) is 79.3 Å². The molecule has 164 valence electrons. The molecule has 2 fully saturated rings. The highest BCUT2D eigenvalue weighted by atomic mass is 32.1. The van der Waals surface area contributed by atoms with Crippen molar-refractivity contribution in [3.63, 3.8) is 0 Å². The molecule has 2 aliphatic heterocycles. The van der Waals surface area contributed by atoms with Gasteiger partial charge < -0.3 is 9.64 Å². The van der Waals surface area contributed by atoms with Gasteiger partial charge >= 0.3 is 5.97 Å². The van der Waals surface area contributed by atoms with Crippen molar-refractivity contribution in [3.8, 4) is 0 Å². The van der Waals surface area contributed by atoms with E-state index in [1.54, 1.807) is 0 Å². The Morgan fingerprint density at radius 3 is 2.23 bits per heavy atom. The Kier molecular flexibility index (Phi) is 7.20. The van der Waals surface area contributed by atoms with Gasteiger partial charge in [-0.25, -0.2) is 14.8 Å². The number of anilines is 1. The number of likely N-dealkylation sites (tertiary alicyclic amines) is 1. The van der Waals surface area contributed by atoms with Gasteiger partial charge in [0.15, 0.2) is 0 Å². The minimum atomic E-state index is -0.242. The molecule has 0 bridgehead atoms. The quantitative estimate of drug-likeness (QED) is 0.627. The molecule has 0 radical (unpaired) electrons. The maximum atomic E-state index is 12.5. The predicted molar refractivity (Wildman–Crippen MR) is 123 cm³/mol. The summed E-state index contributed by atoms with van der Waals surface area (Å²) in [5, 5.41) is 1.05. The van der Waals surface area contributed by atoms with E-state index in [1.165, 1.54) is 62.7 Å². The average molecular weight is 431 g/mol. The number of aromatic nitrogens is 2. The third kappa shape index (κ3) is 4.78. The van der Waals surface area contributed by atoms with Crippen molar-refractivity contribution < 1.29 is 9.53 Å². The van der Waals surface area contributed by atoms with Crippen molar-refractivity contribution in [2.75, 3.05) is 37.7 Å². The molecule has 0 atom stereocenters. The molecule has 0 spiro atoms. The normalized spacial score (nSPS) is 18.9. The van der Waals surface area contributed by atoms with Gasteiger partial charge in [-0.3, -0.25) is 4.90 Å². The lowest BCUT2D eigenvalue weighted by Crippen LogP contribution is -2.28. The van der Waals surface area contributed by atoms with E-state index in [4.69, 9.17) is 14.7 Å². The maximum Gasteiger partial charge on any atom is 0.348 e. The third-order valence-electron chi connectivity index (χ3n) is 6.25. The van der Waals surface area contributed by atoms with Gasteiger partial charge in [-0.15, -0.1) is 11.3 Å². The second-order valence-electron chi connectivity index (χ2n) is 8.51. The van der Waals surface area contributed by atoms with Crippen LogP contribution in [0.3, 0.4) is 0 Å². The van der Waals surface area contributed by atoms with Gasteiger partial charge in [-0.05, 0) is 58.2 Å². The van der Waals surface area contributed by atoms with Gasteiger partial charge in [0, 0.05) is 13.1 Å². The molecule has 4 heterocycles. The number of rotatable bonds is 5. The Labute approximate surface area is 183 Å². The second kappa shape index (κ2) is 10.1. The van der Waals surface area contributed by atoms with Gasteiger partial charge in [0.05, 0.1) is 18.5 Å². The topological polar surface area (TPSA) is 58.6 Å². The summed E-state index contributed by atoms with van der Waals surface area (Å²) >= 11 is 1.46. The van der Waals surface area contributed by atoms with Gasteiger partial charge in [-0.1, -0.05) is 25.7 Å². The minimum Gasteiger partial charge on any atom is -0.462 e. The number of hydrogen-bond acceptors (Lipinski definition) is 7. The van der Waals surface area contributed by atoms with Crippen molar-refractivity contribution in [2.45, 2.75) is 71.8 Å². The highest BCUT2D eigenvalue weighted by molar-refractivity contribution is 7.20. The smallest absolute Gasteiger partial charge is 0.348 e. The van der Waals surface area contributed by atoms with Crippen molar-refractivity contribution in [1.29, 1.82) is 0 Å². The molecule has 4 rings (SSSR count). The average Bonchev–Trinajstić information content (AvgIpc) is 2.99. The maximum absolute atomic E-state index is 12.5. The molecule has 0 saturated carbocycles. The highest BCUT2D eigenvalue weighted by Gasteiger charge is 2.25. The van der Waals surface area contributed by atoms with Gasteiger partial charge in [-0.2, -0.15) is 0 Å². The molecule has 0 amide bonds. The van der Waals surface area contributed by atoms with Gasteiger partial charge in [0.2, 0.25) is 0 Å². The molecule has 2 aromatic heterocycles. The van der Waals surface area contributed by atoms with Crippen LogP contribution in [0.5, 0.6) is 0 Å². The molecule has 2 aliphatic rings. The fourth-order valence-electron chi connectivity index (χ4n) is 4.63. The SMILES string of the molecule is CCOC(=O)c1sc2nc(CN3CCCCCC3)nc(N3CCCCCC3)c2c1C. The Balaban J connectivity index is 1.74. The van der Waals surface area contributed by atoms with Crippen molar-refractivity contribution in [2.24, 2.45) is 0 Å². The van der Waals surface area contributed by atoms with E-state index in [0.29, 0.717) is 11.5 Å². The number of fused-ring (bicyclic) bond motifs is 1. The molecule has 0 unspecified atom stereocenters. The number of aryl methyl sites for hydroxylation is 1. The lowest BCUT2D eigenvalue weighted by molar-refractivity contribution is 0.0531. The van der Waals surface area contributed by atoms with Crippen LogP contribution in [0.15, 0.2) is 0 Å². The Morgan fingerprint density at radius 2 is 1.60 bits per heavy atom. The lowest BCUT2D eigenvalue weighted by atomic mass is 10.2. The van der Waals surface area contributed by atoms with Crippen LogP contribution in [0.25, 0.3) is 10.2 Å². The number of nitrogens with zero attached hydrogens (tertiary/aromatic N) is 4. The Hall–Kier alpha value is -1.73. The number of hydrogen-bond donors (Lipinski definition) is 0. The molecule has 2 saturated heterocycles. The molecular formula is C23H34N4O2S. The van der Waals surface area contributed by atoms with E-state index < -0.39 is 0 Å². The zero-order valence-electron chi connectivity index (χ0n) is 18.4. The first-order valence-corrected chi connectivity index (χ1v) is 12.4. The van der Waals surface area contributed by atoms with E-state index >= 15 is 0 Å². The number of ether oxygens (including phenoxy) is 1. The number of carbonyl (C=O) groups excluding carboxylic acids is 1. The summed E-state index contributed by atoms with van der Waals surface area (Å²) in [6, 6.07) is 0. The lowest BCUT2D eigenvalue weighted by Gasteiger charge is -2.24. The number of thiophene rings is 1. The predicted octanol–water partition coefficient (Wildman–Crippen LogP) is 4.93. The molecule has 0 aliphatic carbocycles. The zero-order valence-corrected chi connectivity index (χ0v) is 19.2. The van der Waals surface area contributed by atoms with Gasteiger partial charge in [0.25, 0.3) is 0 Å². The van der Waals surface area contributed by atoms with Crippen LogP contribution in [0.2, 0.25) is 0 Å². The van der Waals surface area contributed by atoms with E-state index in [0.717, 1.165) is 60.1 Å². The molecule has 7 heteroatoms. The highest BCUT2D eigenvalue weighted by Crippen LogP contribution is 2.37.